The molecule has 0 aliphatic carbocycles. The van der Waals surface area contributed by atoms with Crippen LogP contribution in [0.2, 0.25) is 5.02 Å². The highest BCUT2D eigenvalue weighted by Crippen LogP contribution is 2.24. The molecule has 1 amide bonds. The number of aryl methyl sites for hydroxylation is 2. The van der Waals surface area contributed by atoms with E-state index >= 15 is 0 Å². The van der Waals surface area contributed by atoms with Crippen molar-refractivity contribution in [2.45, 2.75) is 33.3 Å². The number of para-hydroxylation sites is 1. The number of rotatable bonds is 6. The minimum atomic E-state index is -1.08. The Balaban J connectivity index is 2.11. The van der Waals surface area contributed by atoms with Gasteiger partial charge in [0.2, 0.25) is 0 Å². The van der Waals surface area contributed by atoms with Gasteiger partial charge in [0.15, 0.2) is 6.10 Å². The average Bonchev–Trinajstić information content (AvgIpc) is 2.62. The summed E-state index contributed by atoms with van der Waals surface area (Å²) in [7, 11) is 0. The second-order valence-corrected chi connectivity index (χ2v) is 6.33. The monoisotopic (exact) mass is 390 g/mol. The number of nitrogens with one attached hydrogen (secondary N) is 1. The number of nitrogens with zero attached hydrogens (tertiary/aromatic N) is 1. The van der Waals surface area contributed by atoms with Gasteiger partial charge in [0, 0.05) is 17.8 Å². The van der Waals surface area contributed by atoms with Gasteiger partial charge >= 0.3 is 5.97 Å². The van der Waals surface area contributed by atoms with E-state index in [2.05, 4.69) is 5.32 Å². The van der Waals surface area contributed by atoms with Crippen LogP contribution in [0.1, 0.15) is 35.3 Å². The smallest absolute Gasteiger partial charge is 0.340 e. The molecule has 0 aliphatic heterocycles. The number of amides is 1. The minimum Gasteiger partial charge on any atom is -0.449 e. The molecule has 0 saturated carbocycles. The van der Waals surface area contributed by atoms with E-state index in [-0.39, 0.29) is 16.3 Å². The maximum absolute atomic E-state index is 12.4. The number of nitro groups is 1. The summed E-state index contributed by atoms with van der Waals surface area (Å²) in [5.41, 5.74) is 2.28. The van der Waals surface area contributed by atoms with Gasteiger partial charge in [-0.3, -0.25) is 14.9 Å². The molecule has 2 rings (SSSR count). The van der Waals surface area contributed by atoms with Gasteiger partial charge in [0.25, 0.3) is 11.6 Å². The summed E-state index contributed by atoms with van der Waals surface area (Å²) in [4.78, 5) is 34.8. The molecule has 8 heteroatoms. The molecule has 1 N–H and O–H groups in total. The van der Waals surface area contributed by atoms with E-state index in [1.54, 1.807) is 0 Å². The predicted octanol–water partition coefficient (Wildman–Crippen LogP) is 4.30. The van der Waals surface area contributed by atoms with Gasteiger partial charge in [-0.2, -0.15) is 0 Å². The lowest BCUT2D eigenvalue weighted by Crippen LogP contribution is -2.30. The molecule has 0 aliphatic rings. The Morgan fingerprint density at radius 2 is 2.00 bits per heavy atom. The van der Waals surface area contributed by atoms with Crippen molar-refractivity contribution in [3.63, 3.8) is 0 Å². The number of esters is 1. The molecule has 0 radical (unpaired) electrons. The van der Waals surface area contributed by atoms with E-state index in [0.29, 0.717) is 5.69 Å². The zero-order valence-electron chi connectivity index (χ0n) is 15.1. The van der Waals surface area contributed by atoms with Crippen LogP contribution in [-0.4, -0.2) is 22.9 Å². The molecule has 1 atom stereocenters. The number of halogens is 1. The Morgan fingerprint density at radius 3 is 2.59 bits per heavy atom. The number of hydrogen-bond acceptors (Lipinski definition) is 5. The predicted molar refractivity (Wildman–Crippen MR) is 102 cm³/mol. The van der Waals surface area contributed by atoms with Gasteiger partial charge in [-0.1, -0.05) is 36.7 Å². The summed E-state index contributed by atoms with van der Waals surface area (Å²) in [5, 5.41) is 13.4. The van der Waals surface area contributed by atoms with Crippen molar-refractivity contribution in [2.24, 2.45) is 0 Å². The summed E-state index contributed by atoms with van der Waals surface area (Å²) in [6, 6.07) is 9.10. The van der Waals surface area contributed by atoms with Gasteiger partial charge in [0.1, 0.15) is 0 Å². The third-order valence-corrected chi connectivity index (χ3v) is 4.34. The third-order valence-electron chi connectivity index (χ3n) is 4.02. The lowest BCUT2D eigenvalue weighted by molar-refractivity contribution is -0.384. The highest BCUT2D eigenvalue weighted by molar-refractivity contribution is 6.33. The maximum atomic E-state index is 12.4. The SMILES string of the molecule is CCc1cccc(C)c1NC(=O)[C@@H](C)OC(=O)c1ccc([N+](=O)[O-])cc1Cl. The Morgan fingerprint density at radius 1 is 1.30 bits per heavy atom. The minimum absolute atomic E-state index is 0.0490. The van der Waals surface area contributed by atoms with E-state index in [1.807, 2.05) is 32.0 Å². The zero-order chi connectivity index (χ0) is 20.1. The standard InChI is InChI=1S/C19H19ClN2O5/c1-4-13-7-5-6-11(2)17(13)21-18(23)12(3)27-19(24)15-9-8-14(22(25)26)10-16(15)20/h5-10,12H,4H2,1-3H3,(H,21,23)/t12-/m1/s1. The van der Waals surface area contributed by atoms with Crippen molar-refractivity contribution in [3.05, 3.63) is 68.2 Å². The number of anilines is 1. The molecule has 142 valence electrons. The highest BCUT2D eigenvalue weighted by atomic mass is 35.5. The van der Waals surface area contributed by atoms with Crippen LogP contribution in [-0.2, 0) is 16.0 Å². The fourth-order valence-corrected chi connectivity index (χ4v) is 2.74. The molecule has 27 heavy (non-hydrogen) atoms. The van der Waals surface area contributed by atoms with Crippen molar-refractivity contribution >= 4 is 34.9 Å². The molecular weight excluding hydrogens is 372 g/mol. The molecule has 2 aromatic carbocycles. The van der Waals surface area contributed by atoms with Crippen LogP contribution < -0.4 is 5.32 Å². The van der Waals surface area contributed by atoms with E-state index in [0.717, 1.165) is 29.7 Å². The summed E-state index contributed by atoms with van der Waals surface area (Å²) in [6.07, 6.45) is -0.336. The molecule has 0 spiro atoms. The largest absolute Gasteiger partial charge is 0.449 e. The number of nitro benzene ring substituents is 1. The number of hydrogen-bond donors (Lipinski definition) is 1. The van der Waals surface area contributed by atoms with Crippen molar-refractivity contribution in [1.29, 1.82) is 0 Å². The Bertz CT molecular complexity index is 898. The van der Waals surface area contributed by atoms with Gasteiger partial charge in [-0.15, -0.1) is 0 Å². The van der Waals surface area contributed by atoms with E-state index in [4.69, 9.17) is 16.3 Å². The average molecular weight is 391 g/mol. The molecule has 0 aromatic heterocycles. The van der Waals surface area contributed by atoms with E-state index in [1.165, 1.54) is 13.0 Å². The molecular formula is C19H19ClN2O5. The van der Waals surface area contributed by atoms with Gasteiger partial charge < -0.3 is 10.1 Å². The number of ether oxygens (including phenoxy) is 1. The first kappa shape index (κ1) is 20.4. The van der Waals surface area contributed by atoms with Gasteiger partial charge in [-0.05, 0) is 37.5 Å². The van der Waals surface area contributed by atoms with Crippen molar-refractivity contribution in [1.82, 2.24) is 0 Å². The quantitative estimate of drug-likeness (QED) is 0.450. The van der Waals surface area contributed by atoms with E-state index < -0.39 is 22.9 Å². The topological polar surface area (TPSA) is 98.5 Å². The first-order valence-electron chi connectivity index (χ1n) is 8.28. The van der Waals surface area contributed by atoms with Crippen molar-refractivity contribution in [2.75, 3.05) is 5.32 Å². The Labute approximate surface area is 161 Å². The first-order chi connectivity index (χ1) is 12.7. The van der Waals surface area contributed by atoms with Crippen LogP contribution in [0.15, 0.2) is 36.4 Å². The lowest BCUT2D eigenvalue weighted by Gasteiger charge is -2.17. The Hall–Kier alpha value is -2.93. The fourth-order valence-electron chi connectivity index (χ4n) is 2.49. The van der Waals surface area contributed by atoms with Crippen LogP contribution in [0, 0.1) is 17.0 Å². The van der Waals surface area contributed by atoms with Crippen LogP contribution in [0.3, 0.4) is 0 Å². The molecule has 0 bridgehead atoms. The summed E-state index contributed by atoms with van der Waals surface area (Å²) >= 11 is 5.92. The number of benzene rings is 2. The summed E-state index contributed by atoms with van der Waals surface area (Å²) in [5.74, 6) is -1.32. The number of carbonyl (C=O) groups is 2. The third kappa shape index (κ3) is 4.83. The maximum Gasteiger partial charge on any atom is 0.340 e. The zero-order valence-corrected chi connectivity index (χ0v) is 15.9. The molecule has 2 aromatic rings. The fraction of sp³-hybridized carbons (Fsp3) is 0.263. The van der Waals surface area contributed by atoms with Crippen LogP contribution in [0.25, 0.3) is 0 Å². The molecule has 0 heterocycles. The van der Waals surface area contributed by atoms with Gasteiger partial charge in [-0.25, -0.2) is 4.79 Å². The van der Waals surface area contributed by atoms with E-state index in [9.17, 15) is 19.7 Å². The van der Waals surface area contributed by atoms with Crippen LogP contribution in [0.4, 0.5) is 11.4 Å². The van der Waals surface area contributed by atoms with Crippen LogP contribution in [0.5, 0.6) is 0 Å². The lowest BCUT2D eigenvalue weighted by atomic mass is 10.1. The second kappa shape index (κ2) is 8.64. The second-order valence-electron chi connectivity index (χ2n) is 5.92. The summed E-state index contributed by atoms with van der Waals surface area (Å²) in [6.45, 7) is 5.29. The Kier molecular flexibility index (Phi) is 6.52. The molecule has 0 saturated heterocycles. The highest BCUT2D eigenvalue weighted by Gasteiger charge is 2.23. The molecule has 0 fully saturated rings. The number of non-ortho nitro benzene ring substituents is 1. The molecule has 7 nitrogen and oxygen atoms in total. The molecule has 0 unspecified atom stereocenters. The van der Waals surface area contributed by atoms with Crippen LogP contribution >= 0.6 is 11.6 Å². The van der Waals surface area contributed by atoms with Crippen molar-refractivity contribution in [3.8, 4) is 0 Å². The van der Waals surface area contributed by atoms with Gasteiger partial charge in [0.05, 0.1) is 15.5 Å². The van der Waals surface area contributed by atoms with Crippen molar-refractivity contribution < 1.29 is 19.2 Å². The number of carbonyl (C=O) groups excluding carboxylic acids is 2. The summed E-state index contributed by atoms with van der Waals surface area (Å²) < 4.78 is 5.16. The first-order valence-corrected chi connectivity index (χ1v) is 8.66. The normalized spacial score (nSPS) is 11.6.